The summed E-state index contributed by atoms with van der Waals surface area (Å²) in [5.74, 6) is 4.95. The number of benzene rings is 1. The predicted molar refractivity (Wildman–Crippen MR) is 82.4 cm³/mol. The summed E-state index contributed by atoms with van der Waals surface area (Å²) >= 11 is 5.97. The molecule has 0 heterocycles. The lowest BCUT2D eigenvalue weighted by Gasteiger charge is -2.26. The van der Waals surface area contributed by atoms with E-state index in [-0.39, 0.29) is 33.9 Å². The van der Waals surface area contributed by atoms with Gasteiger partial charge in [0.25, 0.3) is 11.6 Å². The number of nitro benzene ring substituents is 1. The van der Waals surface area contributed by atoms with Crippen molar-refractivity contribution >= 4 is 28.9 Å². The average Bonchev–Trinajstić information content (AvgIpc) is 2.42. The number of hydrazine groups is 1. The van der Waals surface area contributed by atoms with Crippen molar-refractivity contribution in [1.82, 2.24) is 4.90 Å². The van der Waals surface area contributed by atoms with E-state index in [2.05, 4.69) is 5.43 Å². The number of nitrogens with zero attached hydrogens (tertiary/aromatic N) is 2. The molecule has 0 spiro atoms. The van der Waals surface area contributed by atoms with Crippen LogP contribution >= 0.6 is 11.6 Å². The third-order valence-electron chi connectivity index (χ3n) is 3.01. The minimum atomic E-state index is -0.628. The van der Waals surface area contributed by atoms with Gasteiger partial charge < -0.3 is 10.3 Å². The fourth-order valence-electron chi connectivity index (χ4n) is 2.00. The van der Waals surface area contributed by atoms with Crippen LogP contribution in [-0.2, 0) is 0 Å². The van der Waals surface area contributed by atoms with Crippen LogP contribution in [-0.4, -0.2) is 28.3 Å². The predicted octanol–water partition coefficient (Wildman–Crippen LogP) is 2.79. The molecule has 116 valence electrons. The number of carbonyl (C=O) groups is 1. The smallest absolute Gasteiger partial charge is 0.295 e. The Morgan fingerprint density at radius 3 is 2.57 bits per heavy atom. The number of hydrogen-bond donors (Lipinski definition) is 2. The Hall–Kier alpha value is -1.86. The van der Waals surface area contributed by atoms with Crippen LogP contribution in [0.2, 0.25) is 5.02 Å². The Labute approximate surface area is 128 Å². The van der Waals surface area contributed by atoms with Crippen molar-refractivity contribution in [3.05, 3.63) is 32.8 Å². The zero-order chi connectivity index (χ0) is 16.2. The number of anilines is 1. The highest BCUT2D eigenvalue weighted by atomic mass is 35.5. The van der Waals surface area contributed by atoms with E-state index in [4.69, 9.17) is 17.4 Å². The Morgan fingerprint density at radius 1 is 1.52 bits per heavy atom. The van der Waals surface area contributed by atoms with Crippen LogP contribution in [0, 0.1) is 10.1 Å². The summed E-state index contributed by atoms with van der Waals surface area (Å²) < 4.78 is 0. The number of nitro groups is 1. The van der Waals surface area contributed by atoms with Crippen LogP contribution < -0.4 is 11.3 Å². The Morgan fingerprint density at radius 2 is 2.14 bits per heavy atom. The van der Waals surface area contributed by atoms with Gasteiger partial charge in [-0.2, -0.15) is 0 Å². The molecule has 1 rings (SSSR count). The van der Waals surface area contributed by atoms with Gasteiger partial charge in [-0.05, 0) is 26.3 Å². The first-order chi connectivity index (χ1) is 9.83. The van der Waals surface area contributed by atoms with E-state index in [1.54, 1.807) is 4.90 Å². The summed E-state index contributed by atoms with van der Waals surface area (Å²) in [6, 6.07) is 2.56. The normalized spacial score (nSPS) is 10.6. The van der Waals surface area contributed by atoms with E-state index in [1.807, 2.05) is 20.8 Å². The lowest BCUT2D eigenvalue weighted by Crippen LogP contribution is -2.37. The van der Waals surface area contributed by atoms with Gasteiger partial charge in [-0.15, -0.1) is 0 Å². The van der Waals surface area contributed by atoms with Gasteiger partial charge in [0.05, 0.1) is 9.95 Å². The second-order valence-electron chi connectivity index (χ2n) is 4.85. The fourth-order valence-corrected chi connectivity index (χ4v) is 2.27. The fraction of sp³-hybridized carbons (Fsp3) is 0.462. The average molecular weight is 315 g/mol. The molecule has 0 saturated carbocycles. The molecule has 0 aromatic heterocycles. The SMILES string of the molecule is CCCN(C(=O)c1cc(Cl)c(NN)c([N+](=O)[O-])c1)C(C)C. The highest BCUT2D eigenvalue weighted by Gasteiger charge is 2.24. The molecule has 8 heteroatoms. The molecule has 0 aliphatic carbocycles. The summed E-state index contributed by atoms with van der Waals surface area (Å²) in [4.78, 5) is 24.6. The number of nitrogens with one attached hydrogen (secondary N) is 1. The van der Waals surface area contributed by atoms with Crippen molar-refractivity contribution < 1.29 is 9.72 Å². The maximum absolute atomic E-state index is 12.5. The van der Waals surface area contributed by atoms with Crippen molar-refractivity contribution in [3.8, 4) is 0 Å². The van der Waals surface area contributed by atoms with Gasteiger partial charge in [-0.3, -0.25) is 20.8 Å². The molecule has 0 atom stereocenters. The first-order valence-electron chi connectivity index (χ1n) is 6.59. The van der Waals surface area contributed by atoms with Gasteiger partial charge in [-0.1, -0.05) is 18.5 Å². The van der Waals surface area contributed by atoms with Crippen molar-refractivity contribution in [1.29, 1.82) is 0 Å². The molecule has 1 aromatic carbocycles. The Bertz CT molecular complexity index is 548. The summed E-state index contributed by atoms with van der Waals surface area (Å²) in [5.41, 5.74) is 2.03. The Balaban J connectivity index is 3.30. The number of nitrogens with two attached hydrogens (primary N) is 1. The van der Waals surface area contributed by atoms with Crippen LogP contribution in [0.5, 0.6) is 0 Å². The minimum absolute atomic E-state index is 0.00944. The quantitative estimate of drug-likeness (QED) is 0.477. The number of nitrogen functional groups attached to an aromatic ring is 1. The third-order valence-corrected chi connectivity index (χ3v) is 3.30. The number of rotatable bonds is 6. The largest absolute Gasteiger partial charge is 0.336 e. The first-order valence-corrected chi connectivity index (χ1v) is 6.96. The van der Waals surface area contributed by atoms with Crippen LogP contribution in [0.25, 0.3) is 0 Å². The van der Waals surface area contributed by atoms with Gasteiger partial charge in [0.2, 0.25) is 0 Å². The van der Waals surface area contributed by atoms with E-state index in [0.29, 0.717) is 6.54 Å². The molecule has 0 bridgehead atoms. The van der Waals surface area contributed by atoms with Gasteiger partial charge >= 0.3 is 0 Å². The second kappa shape index (κ2) is 7.24. The molecule has 0 saturated heterocycles. The van der Waals surface area contributed by atoms with Crippen molar-refractivity contribution in [2.75, 3.05) is 12.0 Å². The number of carbonyl (C=O) groups excluding carboxylic acids is 1. The van der Waals surface area contributed by atoms with Crippen LogP contribution in [0.4, 0.5) is 11.4 Å². The molecule has 0 aliphatic heterocycles. The standard InChI is InChI=1S/C13H19ClN4O3/c1-4-5-17(8(2)3)13(19)9-6-10(14)12(16-15)11(7-9)18(20)21/h6-8,16H,4-5,15H2,1-3H3. The van der Waals surface area contributed by atoms with Crippen molar-refractivity contribution in [3.63, 3.8) is 0 Å². The molecule has 0 radical (unpaired) electrons. The van der Waals surface area contributed by atoms with E-state index in [9.17, 15) is 14.9 Å². The van der Waals surface area contributed by atoms with Gasteiger partial charge in [0.15, 0.2) is 0 Å². The molecular formula is C13H19ClN4O3. The molecule has 1 amide bonds. The van der Waals surface area contributed by atoms with Crippen molar-refractivity contribution in [2.45, 2.75) is 33.2 Å². The monoisotopic (exact) mass is 314 g/mol. The Kier molecular flexibility index (Phi) is 5.92. The number of halogens is 1. The van der Waals surface area contributed by atoms with Gasteiger partial charge in [0, 0.05) is 24.2 Å². The molecule has 7 nitrogen and oxygen atoms in total. The zero-order valence-corrected chi connectivity index (χ0v) is 13.0. The topological polar surface area (TPSA) is 102 Å². The molecule has 0 aliphatic rings. The molecule has 0 fully saturated rings. The van der Waals surface area contributed by atoms with Crippen LogP contribution in [0.1, 0.15) is 37.6 Å². The van der Waals surface area contributed by atoms with E-state index < -0.39 is 4.92 Å². The van der Waals surface area contributed by atoms with Crippen molar-refractivity contribution in [2.24, 2.45) is 5.84 Å². The highest BCUT2D eigenvalue weighted by molar-refractivity contribution is 6.34. The molecule has 3 N–H and O–H groups in total. The lowest BCUT2D eigenvalue weighted by atomic mass is 10.1. The molecule has 1 aromatic rings. The number of amides is 1. The second-order valence-corrected chi connectivity index (χ2v) is 5.25. The summed E-state index contributed by atoms with van der Waals surface area (Å²) in [7, 11) is 0. The first kappa shape index (κ1) is 17.2. The minimum Gasteiger partial charge on any atom is -0.336 e. The van der Waals surface area contributed by atoms with E-state index in [1.165, 1.54) is 12.1 Å². The maximum atomic E-state index is 12.5. The summed E-state index contributed by atoms with van der Waals surface area (Å²) in [5, 5.41) is 11.1. The van der Waals surface area contributed by atoms with Crippen LogP contribution in [0.3, 0.4) is 0 Å². The molecule has 21 heavy (non-hydrogen) atoms. The van der Waals surface area contributed by atoms with Crippen LogP contribution in [0.15, 0.2) is 12.1 Å². The molecule has 0 unspecified atom stereocenters. The molecular weight excluding hydrogens is 296 g/mol. The zero-order valence-electron chi connectivity index (χ0n) is 12.2. The lowest BCUT2D eigenvalue weighted by molar-refractivity contribution is -0.384. The maximum Gasteiger partial charge on any atom is 0.295 e. The number of hydrogen-bond acceptors (Lipinski definition) is 5. The summed E-state index contributed by atoms with van der Waals surface area (Å²) in [6.45, 7) is 6.30. The van der Waals surface area contributed by atoms with E-state index in [0.717, 1.165) is 6.42 Å². The third kappa shape index (κ3) is 3.83. The highest BCUT2D eigenvalue weighted by Crippen LogP contribution is 2.33. The van der Waals surface area contributed by atoms with E-state index >= 15 is 0 Å². The van der Waals surface area contributed by atoms with Gasteiger partial charge in [-0.25, -0.2) is 0 Å². The summed E-state index contributed by atoms with van der Waals surface area (Å²) in [6.07, 6.45) is 0.794. The van der Waals surface area contributed by atoms with Gasteiger partial charge in [0.1, 0.15) is 5.69 Å².